The molecule has 0 spiro atoms. The monoisotopic (exact) mass is 565 g/mol. The standard InChI is InChI=1S/C21H28ClN3O3S.HI/c1-4-23-21(25-14-12-17-7-8-18(28-2)15-20(17)22)24-13-11-16-5-9-19(10-6-16)29(3,26)27;/h5-10,15H,4,11-14H2,1-3H3,(H2,23,24,25);1H. The molecule has 0 unspecified atom stereocenters. The van der Waals surface area contributed by atoms with Crippen LogP contribution in [0.3, 0.4) is 0 Å². The van der Waals surface area contributed by atoms with Crippen molar-refractivity contribution in [3.8, 4) is 5.75 Å². The van der Waals surface area contributed by atoms with Crippen molar-refractivity contribution in [2.24, 2.45) is 4.99 Å². The van der Waals surface area contributed by atoms with E-state index in [9.17, 15) is 8.42 Å². The molecule has 2 rings (SSSR count). The van der Waals surface area contributed by atoms with Crippen molar-refractivity contribution in [2.45, 2.75) is 24.7 Å². The Morgan fingerprint density at radius 1 is 1.10 bits per heavy atom. The smallest absolute Gasteiger partial charge is 0.191 e. The highest BCUT2D eigenvalue weighted by atomic mass is 127. The summed E-state index contributed by atoms with van der Waals surface area (Å²) in [6, 6.07) is 12.6. The molecular weight excluding hydrogens is 537 g/mol. The summed E-state index contributed by atoms with van der Waals surface area (Å²) in [5.74, 6) is 1.48. The highest BCUT2D eigenvalue weighted by molar-refractivity contribution is 14.0. The Labute approximate surface area is 201 Å². The van der Waals surface area contributed by atoms with Gasteiger partial charge in [-0.3, -0.25) is 4.99 Å². The molecule has 2 aromatic carbocycles. The number of methoxy groups -OCH3 is 1. The SMILES string of the molecule is CCNC(=NCCc1ccc(OC)cc1Cl)NCCc1ccc(S(C)(=O)=O)cc1.I. The fourth-order valence-electron chi connectivity index (χ4n) is 2.72. The van der Waals surface area contributed by atoms with Crippen LogP contribution in [0.4, 0.5) is 0 Å². The molecule has 2 N–H and O–H groups in total. The number of nitrogens with zero attached hydrogens (tertiary/aromatic N) is 1. The minimum Gasteiger partial charge on any atom is -0.497 e. The number of sulfone groups is 1. The van der Waals surface area contributed by atoms with Crippen LogP contribution in [0, 0.1) is 0 Å². The summed E-state index contributed by atoms with van der Waals surface area (Å²) < 4.78 is 28.2. The van der Waals surface area contributed by atoms with E-state index in [0.717, 1.165) is 42.2 Å². The zero-order valence-electron chi connectivity index (χ0n) is 17.4. The van der Waals surface area contributed by atoms with Crippen LogP contribution in [0.25, 0.3) is 0 Å². The van der Waals surface area contributed by atoms with E-state index in [1.807, 2.05) is 31.2 Å². The molecule has 30 heavy (non-hydrogen) atoms. The van der Waals surface area contributed by atoms with Crippen molar-refractivity contribution in [3.05, 3.63) is 58.6 Å². The first-order chi connectivity index (χ1) is 13.8. The van der Waals surface area contributed by atoms with Gasteiger partial charge in [-0.05, 0) is 55.2 Å². The first kappa shape index (κ1) is 26.5. The maximum atomic E-state index is 11.5. The van der Waals surface area contributed by atoms with Crippen LogP contribution in [0.2, 0.25) is 5.02 Å². The molecule has 0 aliphatic carbocycles. The van der Waals surface area contributed by atoms with Gasteiger partial charge in [0.15, 0.2) is 15.8 Å². The third-order valence-electron chi connectivity index (χ3n) is 4.31. The lowest BCUT2D eigenvalue weighted by Crippen LogP contribution is -2.38. The highest BCUT2D eigenvalue weighted by Gasteiger charge is 2.06. The summed E-state index contributed by atoms with van der Waals surface area (Å²) in [5, 5.41) is 7.20. The van der Waals surface area contributed by atoms with Crippen LogP contribution >= 0.6 is 35.6 Å². The normalized spacial score (nSPS) is 11.5. The highest BCUT2D eigenvalue weighted by Crippen LogP contribution is 2.22. The van der Waals surface area contributed by atoms with E-state index in [1.54, 1.807) is 25.3 Å². The van der Waals surface area contributed by atoms with Crippen molar-refractivity contribution in [3.63, 3.8) is 0 Å². The molecule has 0 saturated carbocycles. The van der Waals surface area contributed by atoms with Crippen LogP contribution in [-0.2, 0) is 22.7 Å². The van der Waals surface area contributed by atoms with Crippen molar-refractivity contribution in [1.29, 1.82) is 0 Å². The summed E-state index contributed by atoms with van der Waals surface area (Å²) in [6.45, 7) is 4.07. The Bertz CT molecular complexity index is 935. The van der Waals surface area contributed by atoms with Crippen LogP contribution in [0.5, 0.6) is 5.75 Å². The zero-order chi connectivity index (χ0) is 21.3. The first-order valence-corrected chi connectivity index (χ1v) is 11.7. The Balaban J connectivity index is 0.00000450. The number of aliphatic imine (C=N–C) groups is 1. The van der Waals surface area contributed by atoms with Gasteiger partial charge >= 0.3 is 0 Å². The van der Waals surface area contributed by atoms with Crippen molar-refractivity contribution in [1.82, 2.24) is 10.6 Å². The van der Waals surface area contributed by atoms with Crippen LogP contribution in [0.15, 0.2) is 52.4 Å². The van der Waals surface area contributed by atoms with Crippen LogP contribution < -0.4 is 15.4 Å². The number of hydrogen-bond acceptors (Lipinski definition) is 4. The van der Waals surface area contributed by atoms with Gasteiger partial charge in [-0.15, -0.1) is 24.0 Å². The number of rotatable bonds is 9. The van der Waals surface area contributed by atoms with E-state index in [2.05, 4.69) is 15.6 Å². The Morgan fingerprint density at radius 2 is 1.80 bits per heavy atom. The van der Waals surface area contributed by atoms with E-state index in [4.69, 9.17) is 16.3 Å². The fourth-order valence-corrected chi connectivity index (χ4v) is 3.61. The summed E-state index contributed by atoms with van der Waals surface area (Å²) in [5.41, 5.74) is 2.09. The first-order valence-electron chi connectivity index (χ1n) is 9.47. The van der Waals surface area contributed by atoms with Gasteiger partial charge in [0.1, 0.15) is 5.75 Å². The molecule has 9 heteroatoms. The predicted molar refractivity (Wildman–Crippen MR) is 134 cm³/mol. The molecule has 0 aliphatic heterocycles. The van der Waals surface area contributed by atoms with Crippen molar-refractivity contribution in [2.75, 3.05) is 33.0 Å². The minimum atomic E-state index is -3.16. The van der Waals surface area contributed by atoms with Gasteiger partial charge in [-0.2, -0.15) is 0 Å². The molecule has 0 atom stereocenters. The molecular formula is C21H29ClIN3O3S. The second-order valence-corrected chi connectivity index (χ2v) is 8.98. The molecule has 0 amide bonds. The third-order valence-corrected chi connectivity index (χ3v) is 5.79. The number of halogens is 2. The lowest BCUT2D eigenvalue weighted by atomic mass is 10.1. The van der Waals surface area contributed by atoms with Crippen molar-refractivity contribution >= 4 is 51.4 Å². The Morgan fingerprint density at radius 3 is 2.37 bits per heavy atom. The fraction of sp³-hybridized carbons (Fsp3) is 0.381. The number of nitrogens with one attached hydrogen (secondary N) is 2. The average molecular weight is 566 g/mol. The third kappa shape index (κ3) is 8.69. The second kappa shape index (κ2) is 13.0. The number of guanidine groups is 1. The lowest BCUT2D eigenvalue weighted by molar-refractivity contribution is 0.414. The molecule has 0 heterocycles. The maximum Gasteiger partial charge on any atom is 0.191 e. The Kier molecular flexibility index (Phi) is 11.5. The summed E-state index contributed by atoms with van der Waals surface area (Å²) in [4.78, 5) is 4.93. The molecule has 0 bridgehead atoms. The molecule has 166 valence electrons. The minimum absolute atomic E-state index is 0. The topological polar surface area (TPSA) is 79.8 Å². The number of hydrogen-bond donors (Lipinski definition) is 2. The van der Waals surface area contributed by atoms with E-state index in [0.29, 0.717) is 23.0 Å². The molecule has 0 aliphatic rings. The second-order valence-electron chi connectivity index (χ2n) is 6.56. The zero-order valence-corrected chi connectivity index (χ0v) is 21.3. The van der Waals surface area contributed by atoms with Gasteiger partial charge in [0, 0.05) is 30.9 Å². The molecule has 6 nitrogen and oxygen atoms in total. The van der Waals surface area contributed by atoms with Gasteiger partial charge in [-0.25, -0.2) is 8.42 Å². The molecule has 2 aromatic rings. The summed E-state index contributed by atoms with van der Waals surface area (Å²) in [6.07, 6.45) is 2.70. The van der Waals surface area contributed by atoms with Gasteiger partial charge in [0.05, 0.1) is 12.0 Å². The molecule has 0 fully saturated rings. The van der Waals surface area contributed by atoms with Gasteiger partial charge in [0.25, 0.3) is 0 Å². The summed E-state index contributed by atoms with van der Waals surface area (Å²) >= 11 is 6.28. The lowest BCUT2D eigenvalue weighted by Gasteiger charge is -2.12. The van der Waals surface area contributed by atoms with Gasteiger partial charge in [-0.1, -0.05) is 29.8 Å². The van der Waals surface area contributed by atoms with Gasteiger partial charge < -0.3 is 15.4 Å². The van der Waals surface area contributed by atoms with E-state index in [1.165, 1.54) is 6.26 Å². The quantitative estimate of drug-likeness (QED) is 0.275. The summed E-state index contributed by atoms with van der Waals surface area (Å²) in [7, 11) is -1.55. The van der Waals surface area contributed by atoms with Crippen molar-refractivity contribution < 1.29 is 13.2 Å². The Hall–Kier alpha value is -1.52. The molecule has 0 saturated heterocycles. The van der Waals surface area contributed by atoms with E-state index < -0.39 is 9.84 Å². The average Bonchev–Trinajstić information content (AvgIpc) is 2.69. The molecule has 0 radical (unpaired) electrons. The number of benzene rings is 2. The van der Waals surface area contributed by atoms with Gasteiger partial charge in [0.2, 0.25) is 0 Å². The van der Waals surface area contributed by atoms with E-state index in [-0.39, 0.29) is 24.0 Å². The predicted octanol–water partition coefficient (Wildman–Crippen LogP) is 3.71. The van der Waals surface area contributed by atoms with E-state index >= 15 is 0 Å². The molecule has 0 aromatic heterocycles. The maximum absolute atomic E-state index is 11.5. The van der Waals surface area contributed by atoms with Crippen LogP contribution in [-0.4, -0.2) is 47.4 Å². The van der Waals surface area contributed by atoms with Crippen LogP contribution in [0.1, 0.15) is 18.1 Å². The largest absolute Gasteiger partial charge is 0.497 e. The number of ether oxygens (including phenoxy) is 1.